The summed E-state index contributed by atoms with van der Waals surface area (Å²) in [5, 5.41) is 0. The zero-order chi connectivity index (χ0) is 13.3. The van der Waals surface area contributed by atoms with Gasteiger partial charge in [-0.25, -0.2) is 12.8 Å². The number of hydrogen-bond acceptors (Lipinski definition) is 2. The zero-order valence-electron chi connectivity index (χ0n) is 10.6. The summed E-state index contributed by atoms with van der Waals surface area (Å²) in [4.78, 5) is -0.211. The van der Waals surface area contributed by atoms with Crippen molar-refractivity contribution in [1.82, 2.24) is 4.31 Å². The Labute approximate surface area is 108 Å². The molecule has 1 fully saturated rings. The molecule has 1 aromatic carbocycles. The van der Waals surface area contributed by atoms with Crippen LogP contribution in [-0.4, -0.2) is 24.8 Å². The Morgan fingerprint density at radius 2 is 2.00 bits per heavy atom. The summed E-state index contributed by atoms with van der Waals surface area (Å²) >= 11 is 0. The third-order valence-corrected chi connectivity index (χ3v) is 5.68. The minimum absolute atomic E-state index is 0.00962. The number of sulfonamides is 1. The highest BCUT2D eigenvalue weighted by Crippen LogP contribution is 2.32. The van der Waals surface area contributed by atoms with Crippen molar-refractivity contribution >= 4 is 10.0 Å². The van der Waals surface area contributed by atoms with Gasteiger partial charge < -0.3 is 0 Å². The van der Waals surface area contributed by atoms with Crippen LogP contribution in [0, 0.1) is 5.82 Å². The second-order valence-corrected chi connectivity index (χ2v) is 6.57. The molecule has 0 amide bonds. The van der Waals surface area contributed by atoms with Gasteiger partial charge in [-0.05, 0) is 38.3 Å². The first-order valence-electron chi connectivity index (χ1n) is 6.26. The molecule has 0 spiro atoms. The van der Waals surface area contributed by atoms with Crippen LogP contribution in [0.5, 0.6) is 0 Å². The third-order valence-electron chi connectivity index (χ3n) is 3.58. The number of benzene rings is 1. The van der Waals surface area contributed by atoms with Gasteiger partial charge in [-0.3, -0.25) is 0 Å². The Bertz CT molecular complexity index is 530. The highest BCUT2D eigenvalue weighted by molar-refractivity contribution is 7.89. The van der Waals surface area contributed by atoms with Crippen molar-refractivity contribution in [3.8, 4) is 0 Å². The summed E-state index contributed by atoms with van der Waals surface area (Å²) in [6.07, 6.45) is 2.45. The molecule has 5 heteroatoms. The van der Waals surface area contributed by atoms with E-state index in [-0.39, 0.29) is 17.0 Å². The van der Waals surface area contributed by atoms with Crippen molar-refractivity contribution in [2.75, 3.05) is 0 Å². The van der Waals surface area contributed by atoms with E-state index in [1.165, 1.54) is 22.5 Å². The van der Waals surface area contributed by atoms with Gasteiger partial charge in [0.05, 0.1) is 0 Å². The smallest absolute Gasteiger partial charge is 0.207 e. The molecule has 0 bridgehead atoms. The van der Waals surface area contributed by atoms with Crippen molar-refractivity contribution in [2.24, 2.45) is 0 Å². The van der Waals surface area contributed by atoms with E-state index >= 15 is 0 Å². The van der Waals surface area contributed by atoms with E-state index in [1.807, 2.05) is 13.8 Å². The molecular formula is C13H18FNO2S. The molecule has 1 saturated heterocycles. The third kappa shape index (κ3) is 2.17. The second kappa shape index (κ2) is 4.97. The minimum Gasteiger partial charge on any atom is -0.207 e. The monoisotopic (exact) mass is 271 g/mol. The Hall–Kier alpha value is -0.940. The van der Waals surface area contributed by atoms with Crippen molar-refractivity contribution in [3.05, 3.63) is 30.1 Å². The highest BCUT2D eigenvalue weighted by atomic mass is 32.2. The summed E-state index contributed by atoms with van der Waals surface area (Å²) in [7, 11) is -3.72. The first-order valence-corrected chi connectivity index (χ1v) is 7.70. The first kappa shape index (κ1) is 13.5. The predicted molar refractivity (Wildman–Crippen MR) is 68.2 cm³/mol. The summed E-state index contributed by atoms with van der Waals surface area (Å²) in [6.45, 7) is 3.85. The molecule has 0 aromatic heterocycles. The molecule has 0 saturated carbocycles. The van der Waals surface area contributed by atoms with Gasteiger partial charge in [-0.2, -0.15) is 4.31 Å². The minimum atomic E-state index is -3.72. The Balaban J connectivity index is 2.46. The van der Waals surface area contributed by atoms with E-state index in [4.69, 9.17) is 0 Å². The average Bonchev–Trinajstić information content (AvgIpc) is 2.71. The molecule has 3 nitrogen and oxygen atoms in total. The fourth-order valence-corrected chi connectivity index (χ4v) is 4.65. The Morgan fingerprint density at radius 3 is 2.61 bits per heavy atom. The first-order chi connectivity index (χ1) is 8.48. The molecule has 1 aromatic rings. The molecule has 2 atom stereocenters. The van der Waals surface area contributed by atoms with Gasteiger partial charge in [0.2, 0.25) is 10.0 Å². The van der Waals surface area contributed by atoms with Crippen LogP contribution in [0.1, 0.15) is 33.1 Å². The van der Waals surface area contributed by atoms with Gasteiger partial charge in [-0.15, -0.1) is 0 Å². The topological polar surface area (TPSA) is 37.4 Å². The SMILES string of the molecule is CCC1CCC(C)N1S(=O)(=O)c1ccccc1F. The maximum atomic E-state index is 13.7. The van der Waals surface area contributed by atoms with E-state index in [2.05, 4.69) is 0 Å². The van der Waals surface area contributed by atoms with Crippen LogP contribution in [-0.2, 0) is 10.0 Å². The summed E-state index contributed by atoms with van der Waals surface area (Å²) in [6, 6.07) is 5.51. The van der Waals surface area contributed by atoms with Crippen molar-refractivity contribution < 1.29 is 12.8 Å². The van der Waals surface area contributed by atoms with Crippen LogP contribution in [0.3, 0.4) is 0 Å². The van der Waals surface area contributed by atoms with E-state index in [1.54, 1.807) is 6.07 Å². The molecule has 1 heterocycles. The fourth-order valence-electron chi connectivity index (χ4n) is 2.63. The van der Waals surface area contributed by atoms with Crippen molar-refractivity contribution in [2.45, 2.75) is 50.1 Å². The van der Waals surface area contributed by atoms with Crippen LogP contribution in [0.25, 0.3) is 0 Å². The molecule has 0 aliphatic carbocycles. The lowest BCUT2D eigenvalue weighted by atomic mass is 10.2. The molecule has 0 radical (unpaired) electrons. The lowest BCUT2D eigenvalue weighted by Crippen LogP contribution is -2.39. The standard InChI is InChI=1S/C13H18FNO2S/c1-3-11-9-8-10(2)15(11)18(16,17)13-7-5-4-6-12(13)14/h4-7,10-11H,3,8-9H2,1-2H3. The van der Waals surface area contributed by atoms with E-state index < -0.39 is 15.8 Å². The maximum Gasteiger partial charge on any atom is 0.246 e. The summed E-state index contributed by atoms with van der Waals surface area (Å²) in [5.74, 6) is -0.675. The largest absolute Gasteiger partial charge is 0.246 e. The normalized spacial score (nSPS) is 25.5. The lowest BCUT2D eigenvalue weighted by molar-refractivity contribution is 0.327. The molecule has 2 unspecified atom stereocenters. The van der Waals surface area contributed by atoms with Crippen LogP contribution in [0.2, 0.25) is 0 Å². The van der Waals surface area contributed by atoms with E-state index in [9.17, 15) is 12.8 Å². The number of rotatable bonds is 3. The zero-order valence-corrected chi connectivity index (χ0v) is 11.5. The molecule has 1 aliphatic heterocycles. The maximum absolute atomic E-state index is 13.7. The predicted octanol–water partition coefficient (Wildman–Crippen LogP) is 2.78. The van der Waals surface area contributed by atoms with Gasteiger partial charge in [0, 0.05) is 12.1 Å². The van der Waals surface area contributed by atoms with Gasteiger partial charge in [-0.1, -0.05) is 19.1 Å². The van der Waals surface area contributed by atoms with Crippen LogP contribution in [0.4, 0.5) is 4.39 Å². The quantitative estimate of drug-likeness (QED) is 0.847. The van der Waals surface area contributed by atoms with Crippen LogP contribution < -0.4 is 0 Å². The number of nitrogens with zero attached hydrogens (tertiary/aromatic N) is 1. The van der Waals surface area contributed by atoms with Crippen LogP contribution >= 0.6 is 0 Å². The summed E-state index contributed by atoms with van der Waals surface area (Å²) < 4.78 is 40.2. The number of hydrogen-bond donors (Lipinski definition) is 0. The molecule has 18 heavy (non-hydrogen) atoms. The average molecular weight is 271 g/mol. The van der Waals surface area contributed by atoms with Crippen LogP contribution in [0.15, 0.2) is 29.2 Å². The molecule has 100 valence electrons. The Kier molecular flexibility index (Phi) is 3.73. The highest BCUT2D eigenvalue weighted by Gasteiger charge is 2.40. The van der Waals surface area contributed by atoms with E-state index in [0.717, 1.165) is 19.3 Å². The van der Waals surface area contributed by atoms with Crippen molar-refractivity contribution in [3.63, 3.8) is 0 Å². The Morgan fingerprint density at radius 1 is 1.33 bits per heavy atom. The van der Waals surface area contributed by atoms with Crippen molar-refractivity contribution in [1.29, 1.82) is 0 Å². The molecule has 0 N–H and O–H groups in total. The van der Waals surface area contributed by atoms with Gasteiger partial charge in [0.1, 0.15) is 10.7 Å². The fraction of sp³-hybridized carbons (Fsp3) is 0.538. The lowest BCUT2D eigenvalue weighted by Gasteiger charge is -2.27. The van der Waals surface area contributed by atoms with Gasteiger partial charge in [0.15, 0.2) is 0 Å². The number of halogens is 1. The molecular weight excluding hydrogens is 253 g/mol. The second-order valence-electron chi connectivity index (χ2n) is 4.75. The summed E-state index contributed by atoms with van der Waals surface area (Å²) in [5.41, 5.74) is 0. The molecule has 1 aliphatic rings. The van der Waals surface area contributed by atoms with E-state index in [0.29, 0.717) is 0 Å². The van der Waals surface area contributed by atoms with Gasteiger partial charge >= 0.3 is 0 Å². The van der Waals surface area contributed by atoms with Gasteiger partial charge in [0.25, 0.3) is 0 Å². The molecule has 2 rings (SSSR count).